The van der Waals surface area contributed by atoms with Crippen molar-refractivity contribution in [3.63, 3.8) is 0 Å². The van der Waals surface area contributed by atoms with Crippen LogP contribution in [-0.2, 0) is 4.79 Å². The molecule has 0 aliphatic heterocycles. The molecule has 0 spiro atoms. The van der Waals surface area contributed by atoms with Gasteiger partial charge in [0, 0.05) is 36.0 Å². The first-order chi connectivity index (χ1) is 9.77. The molecule has 0 saturated carbocycles. The van der Waals surface area contributed by atoms with E-state index in [4.69, 9.17) is 5.11 Å². The Morgan fingerprint density at radius 3 is 1.67 bits per heavy atom. The SMILES string of the molecule is CCCCCCCCCCC/C=C\CCCCC(=O)O.[Na]. The number of aliphatic carboxylic acids is 1. The molecule has 0 aliphatic carbocycles. The first-order valence-corrected chi connectivity index (χ1v) is 8.64. The fourth-order valence-corrected chi connectivity index (χ4v) is 2.35. The van der Waals surface area contributed by atoms with Crippen LogP contribution in [0.15, 0.2) is 12.2 Å². The summed E-state index contributed by atoms with van der Waals surface area (Å²) in [6.45, 7) is 2.26. The molecule has 0 amide bonds. The predicted octanol–water partition coefficient (Wildman–Crippen LogP) is 5.73. The third-order valence-electron chi connectivity index (χ3n) is 3.65. The van der Waals surface area contributed by atoms with Crippen LogP contribution in [0.2, 0.25) is 0 Å². The van der Waals surface area contributed by atoms with Crippen LogP contribution in [0, 0.1) is 0 Å². The molecule has 0 aromatic rings. The molecule has 1 N–H and O–H groups in total. The third-order valence-corrected chi connectivity index (χ3v) is 3.65. The van der Waals surface area contributed by atoms with Crippen LogP contribution in [0.1, 0.15) is 96.8 Å². The van der Waals surface area contributed by atoms with Crippen LogP contribution in [-0.4, -0.2) is 40.6 Å². The van der Waals surface area contributed by atoms with Crippen molar-refractivity contribution in [3.05, 3.63) is 12.2 Å². The summed E-state index contributed by atoms with van der Waals surface area (Å²) in [5, 5.41) is 8.50. The van der Waals surface area contributed by atoms with Crippen molar-refractivity contribution in [1.29, 1.82) is 0 Å². The number of unbranched alkanes of at least 4 members (excludes halogenated alkanes) is 11. The van der Waals surface area contributed by atoms with E-state index in [-0.39, 0.29) is 29.6 Å². The molecule has 0 aromatic heterocycles. The van der Waals surface area contributed by atoms with Crippen molar-refractivity contribution < 1.29 is 9.90 Å². The molecule has 119 valence electrons. The van der Waals surface area contributed by atoms with Crippen molar-refractivity contribution in [2.24, 2.45) is 0 Å². The second kappa shape index (κ2) is 20.2. The van der Waals surface area contributed by atoms with Gasteiger partial charge in [0.15, 0.2) is 0 Å². The Hall–Kier alpha value is 0.210. The number of hydrogen-bond donors (Lipinski definition) is 1. The van der Waals surface area contributed by atoms with E-state index in [2.05, 4.69) is 19.1 Å². The minimum atomic E-state index is -0.677. The summed E-state index contributed by atoms with van der Waals surface area (Å²) in [6.07, 6.45) is 21.3. The first-order valence-electron chi connectivity index (χ1n) is 8.64. The number of carbonyl (C=O) groups is 1. The Kier molecular flexibility index (Phi) is 22.6. The number of carboxylic acids is 1. The Morgan fingerprint density at radius 1 is 0.762 bits per heavy atom. The van der Waals surface area contributed by atoms with E-state index in [0.29, 0.717) is 6.42 Å². The number of hydrogen-bond acceptors (Lipinski definition) is 1. The van der Waals surface area contributed by atoms with Crippen molar-refractivity contribution in [2.45, 2.75) is 96.8 Å². The van der Waals surface area contributed by atoms with Crippen LogP contribution in [0.5, 0.6) is 0 Å². The molecular weight excluding hydrogens is 271 g/mol. The molecule has 0 aliphatic rings. The maximum Gasteiger partial charge on any atom is 0.303 e. The zero-order valence-electron chi connectivity index (χ0n) is 14.4. The smallest absolute Gasteiger partial charge is 0.303 e. The fraction of sp³-hybridized carbons (Fsp3) is 0.833. The van der Waals surface area contributed by atoms with E-state index in [9.17, 15) is 4.79 Å². The molecule has 0 atom stereocenters. The normalized spacial score (nSPS) is 10.7. The minimum Gasteiger partial charge on any atom is -0.481 e. The van der Waals surface area contributed by atoms with E-state index >= 15 is 0 Å². The zero-order chi connectivity index (χ0) is 14.9. The zero-order valence-corrected chi connectivity index (χ0v) is 16.4. The van der Waals surface area contributed by atoms with Gasteiger partial charge in [0.2, 0.25) is 0 Å². The second-order valence-corrected chi connectivity index (χ2v) is 5.73. The molecule has 0 rings (SSSR count). The van der Waals surface area contributed by atoms with Gasteiger partial charge in [-0.2, -0.15) is 0 Å². The average molecular weight is 305 g/mol. The average Bonchev–Trinajstić information content (AvgIpc) is 2.43. The summed E-state index contributed by atoms with van der Waals surface area (Å²) in [4.78, 5) is 10.3. The first kappa shape index (κ1) is 23.5. The van der Waals surface area contributed by atoms with Gasteiger partial charge in [-0.15, -0.1) is 0 Å². The van der Waals surface area contributed by atoms with E-state index in [0.717, 1.165) is 19.3 Å². The maximum absolute atomic E-state index is 10.3. The molecule has 0 aromatic carbocycles. The second-order valence-electron chi connectivity index (χ2n) is 5.73. The van der Waals surface area contributed by atoms with Gasteiger partial charge in [0.05, 0.1) is 0 Å². The minimum absolute atomic E-state index is 0. The van der Waals surface area contributed by atoms with Crippen LogP contribution >= 0.6 is 0 Å². The standard InChI is InChI=1S/C18H34O2.Na/c1-2-3-4-5-6-7-8-9-10-11-12-13-14-15-16-17-18(19)20;/h12-13H,2-11,14-17H2,1H3,(H,19,20);/b13-12-;. The Bertz CT molecular complexity index is 239. The van der Waals surface area contributed by atoms with Crippen molar-refractivity contribution >= 4 is 35.5 Å². The van der Waals surface area contributed by atoms with Gasteiger partial charge in [-0.3, -0.25) is 4.79 Å². The number of rotatable bonds is 15. The largest absolute Gasteiger partial charge is 0.481 e. The van der Waals surface area contributed by atoms with Gasteiger partial charge in [-0.25, -0.2) is 0 Å². The molecule has 0 bridgehead atoms. The van der Waals surface area contributed by atoms with E-state index in [1.807, 2.05) is 0 Å². The Labute approximate surface area is 154 Å². The third kappa shape index (κ3) is 22.6. The van der Waals surface area contributed by atoms with E-state index < -0.39 is 5.97 Å². The summed E-state index contributed by atoms with van der Waals surface area (Å²) < 4.78 is 0. The molecule has 0 saturated heterocycles. The summed E-state index contributed by atoms with van der Waals surface area (Å²) in [7, 11) is 0. The van der Waals surface area contributed by atoms with Gasteiger partial charge in [-0.05, 0) is 32.1 Å². The van der Waals surface area contributed by atoms with E-state index in [1.54, 1.807) is 0 Å². The van der Waals surface area contributed by atoms with Crippen molar-refractivity contribution in [3.8, 4) is 0 Å². The summed E-state index contributed by atoms with van der Waals surface area (Å²) >= 11 is 0. The molecule has 0 fully saturated rings. The predicted molar refractivity (Wildman–Crippen MR) is 92.8 cm³/mol. The molecular formula is C18H34NaO2. The summed E-state index contributed by atoms with van der Waals surface area (Å²) in [5.41, 5.74) is 0. The molecule has 1 radical (unpaired) electrons. The molecule has 3 heteroatoms. The number of carboxylic acid groups (broad SMARTS) is 1. The molecule has 0 heterocycles. The van der Waals surface area contributed by atoms with Gasteiger partial charge in [0.1, 0.15) is 0 Å². The molecule has 21 heavy (non-hydrogen) atoms. The van der Waals surface area contributed by atoms with Crippen molar-refractivity contribution in [1.82, 2.24) is 0 Å². The maximum atomic E-state index is 10.3. The van der Waals surface area contributed by atoms with Crippen LogP contribution < -0.4 is 0 Å². The fourth-order valence-electron chi connectivity index (χ4n) is 2.35. The summed E-state index contributed by atoms with van der Waals surface area (Å²) in [5.74, 6) is -0.677. The topological polar surface area (TPSA) is 37.3 Å². The molecule has 2 nitrogen and oxygen atoms in total. The summed E-state index contributed by atoms with van der Waals surface area (Å²) in [6, 6.07) is 0. The van der Waals surface area contributed by atoms with Crippen LogP contribution in [0.25, 0.3) is 0 Å². The van der Waals surface area contributed by atoms with E-state index in [1.165, 1.54) is 64.2 Å². The van der Waals surface area contributed by atoms with Gasteiger partial charge in [0.25, 0.3) is 0 Å². The quantitative estimate of drug-likeness (QED) is 0.238. The Morgan fingerprint density at radius 2 is 1.19 bits per heavy atom. The Balaban J connectivity index is 0. The molecule has 0 unspecified atom stereocenters. The van der Waals surface area contributed by atoms with Crippen LogP contribution in [0.3, 0.4) is 0 Å². The monoisotopic (exact) mass is 305 g/mol. The van der Waals surface area contributed by atoms with Gasteiger partial charge < -0.3 is 5.11 Å². The van der Waals surface area contributed by atoms with Crippen LogP contribution in [0.4, 0.5) is 0 Å². The number of allylic oxidation sites excluding steroid dienone is 2. The van der Waals surface area contributed by atoms with Crippen molar-refractivity contribution in [2.75, 3.05) is 0 Å². The van der Waals surface area contributed by atoms with Gasteiger partial charge in [-0.1, -0.05) is 70.4 Å². The van der Waals surface area contributed by atoms with Gasteiger partial charge >= 0.3 is 5.97 Å².